The van der Waals surface area contributed by atoms with Gasteiger partial charge >= 0.3 is 0 Å². The summed E-state index contributed by atoms with van der Waals surface area (Å²) in [4.78, 5) is -0.808. The normalized spacial score (nSPS) is 11.9. The van der Waals surface area contributed by atoms with Crippen LogP contribution in [0, 0.1) is 0 Å². The average molecular weight is 560 g/mol. The van der Waals surface area contributed by atoms with E-state index in [1.165, 1.54) is 30.3 Å². The number of hydrogen-bond acceptors (Lipinski definition) is 10. The van der Waals surface area contributed by atoms with Crippen molar-refractivity contribution in [1.29, 1.82) is 0 Å². The molecule has 0 heterocycles. The highest BCUT2D eigenvalue weighted by Crippen LogP contribution is 2.39. The smallest absolute Gasteiger partial charge is 0.241 e. The number of hydrogen-bond donors (Lipinski definition) is 7. The molecule has 0 spiro atoms. The van der Waals surface area contributed by atoms with Crippen LogP contribution in [-0.4, -0.2) is 47.5 Å². The monoisotopic (exact) mass is 559 g/mol. The van der Waals surface area contributed by atoms with Gasteiger partial charge in [0.25, 0.3) is 0 Å². The van der Waals surface area contributed by atoms with Gasteiger partial charge in [-0.2, -0.15) is 0 Å². The minimum atomic E-state index is -4.32. The van der Waals surface area contributed by atoms with Crippen molar-refractivity contribution in [3.63, 3.8) is 0 Å². The maximum Gasteiger partial charge on any atom is 0.241 e. The maximum absolute atomic E-state index is 13.1. The molecule has 0 atom stereocenters. The lowest BCUT2D eigenvalue weighted by molar-refractivity contribution is 0.402. The Bertz CT molecular complexity index is 1750. The molecular weight excluding hydrogens is 538 g/mol. The quantitative estimate of drug-likeness (QED) is 0.165. The van der Waals surface area contributed by atoms with Crippen LogP contribution >= 0.6 is 0 Å². The fourth-order valence-electron chi connectivity index (χ4n) is 3.55. The molecule has 0 fully saturated rings. The Morgan fingerprint density at radius 3 is 1.68 bits per heavy atom. The predicted molar refractivity (Wildman–Crippen MR) is 134 cm³/mol. The van der Waals surface area contributed by atoms with Gasteiger partial charge in [0.15, 0.2) is 34.5 Å². The number of benzene rings is 4. The summed E-state index contributed by atoms with van der Waals surface area (Å²) in [6, 6.07) is 13.7. The van der Waals surface area contributed by atoms with Crippen molar-refractivity contribution in [2.45, 2.75) is 21.2 Å². The Hall–Kier alpha value is -4.46. The van der Waals surface area contributed by atoms with Crippen LogP contribution in [0.1, 0.15) is 5.56 Å². The van der Waals surface area contributed by atoms with Gasteiger partial charge in [0.05, 0.1) is 14.7 Å². The summed E-state index contributed by atoms with van der Waals surface area (Å²) in [5.41, 5.74) is 0.445. The van der Waals surface area contributed by atoms with Crippen LogP contribution in [-0.2, 0) is 26.4 Å². The standard InChI is InChI=1S/C25H21NO10S2/c27-19-7-3-15(9-21(19)29)18-11-23(31)24(32)12-25(18)38(35,36)26-13-14-1-4-16(5-2-14)37(33,34)17-6-8-20(28)22(30)10-17/h1-12,26-32H,13H2. The van der Waals surface area contributed by atoms with Crippen molar-refractivity contribution in [3.8, 4) is 45.6 Å². The number of aromatic hydroxyl groups is 6. The van der Waals surface area contributed by atoms with Gasteiger partial charge in [-0.25, -0.2) is 21.6 Å². The first-order valence-electron chi connectivity index (χ1n) is 10.7. The molecule has 0 saturated carbocycles. The molecule has 0 radical (unpaired) electrons. The molecule has 7 N–H and O–H groups in total. The van der Waals surface area contributed by atoms with E-state index in [0.29, 0.717) is 5.56 Å². The highest BCUT2D eigenvalue weighted by molar-refractivity contribution is 7.91. The molecule has 4 aromatic rings. The Morgan fingerprint density at radius 2 is 1.08 bits per heavy atom. The van der Waals surface area contributed by atoms with Crippen LogP contribution in [0.4, 0.5) is 0 Å². The number of nitrogens with one attached hydrogen (secondary N) is 1. The van der Waals surface area contributed by atoms with Crippen LogP contribution in [0.3, 0.4) is 0 Å². The third kappa shape index (κ3) is 5.16. The lowest BCUT2D eigenvalue weighted by atomic mass is 10.0. The molecule has 13 heteroatoms. The van der Waals surface area contributed by atoms with Crippen molar-refractivity contribution in [2.75, 3.05) is 0 Å². The average Bonchev–Trinajstić information content (AvgIpc) is 2.87. The maximum atomic E-state index is 13.1. The minimum Gasteiger partial charge on any atom is -0.504 e. The fourth-order valence-corrected chi connectivity index (χ4v) is 6.07. The zero-order valence-corrected chi connectivity index (χ0v) is 20.9. The Balaban J connectivity index is 1.60. The SMILES string of the molecule is O=S(=O)(NCc1ccc(S(=O)(=O)c2ccc(O)c(O)c2)cc1)c1cc(O)c(O)cc1-c1ccc(O)c(O)c1. The highest BCUT2D eigenvalue weighted by atomic mass is 32.2. The number of sulfone groups is 1. The van der Waals surface area contributed by atoms with E-state index in [4.69, 9.17) is 0 Å². The van der Waals surface area contributed by atoms with E-state index in [-0.39, 0.29) is 27.5 Å². The molecule has 4 aromatic carbocycles. The predicted octanol–water partition coefficient (Wildman–Crippen LogP) is 2.90. The molecule has 11 nitrogen and oxygen atoms in total. The van der Waals surface area contributed by atoms with Gasteiger partial charge in [-0.05, 0) is 53.6 Å². The van der Waals surface area contributed by atoms with Gasteiger partial charge in [-0.1, -0.05) is 18.2 Å². The van der Waals surface area contributed by atoms with Crippen LogP contribution in [0.25, 0.3) is 11.1 Å². The summed E-state index contributed by atoms with van der Waals surface area (Å²) < 4.78 is 54.2. The van der Waals surface area contributed by atoms with Crippen LogP contribution in [0.5, 0.6) is 34.5 Å². The molecular formula is C25H21NO10S2. The van der Waals surface area contributed by atoms with Gasteiger partial charge in [0.2, 0.25) is 19.9 Å². The Labute approximate surface area is 217 Å². The summed E-state index contributed by atoms with van der Waals surface area (Å²) in [6.07, 6.45) is 0. The molecule has 4 rings (SSSR count). The Kier molecular flexibility index (Phi) is 6.84. The zero-order valence-electron chi connectivity index (χ0n) is 19.3. The molecule has 0 bridgehead atoms. The van der Waals surface area contributed by atoms with Crippen molar-refractivity contribution >= 4 is 19.9 Å². The summed E-state index contributed by atoms with van der Waals surface area (Å²) in [6.45, 7) is -0.273. The molecule has 0 aliphatic rings. The largest absolute Gasteiger partial charge is 0.504 e. The Morgan fingerprint density at radius 1 is 0.553 bits per heavy atom. The summed E-state index contributed by atoms with van der Waals surface area (Å²) in [5, 5.41) is 58.3. The van der Waals surface area contributed by atoms with Gasteiger partial charge < -0.3 is 30.6 Å². The first-order chi connectivity index (χ1) is 17.8. The van der Waals surface area contributed by atoms with E-state index in [2.05, 4.69) is 4.72 Å². The van der Waals surface area contributed by atoms with Crippen molar-refractivity contribution in [3.05, 3.63) is 78.4 Å². The second-order valence-corrected chi connectivity index (χ2v) is 11.8. The van der Waals surface area contributed by atoms with Crippen LogP contribution < -0.4 is 4.72 Å². The number of phenolic OH excluding ortho intramolecular Hbond substituents is 6. The van der Waals surface area contributed by atoms with Gasteiger partial charge in [0, 0.05) is 24.2 Å². The molecule has 0 aliphatic carbocycles. The van der Waals surface area contributed by atoms with Crippen LogP contribution in [0.15, 0.2) is 87.5 Å². The fraction of sp³-hybridized carbons (Fsp3) is 0.0400. The van der Waals surface area contributed by atoms with Gasteiger partial charge in [0.1, 0.15) is 0 Å². The molecule has 38 heavy (non-hydrogen) atoms. The molecule has 0 aliphatic heterocycles. The second-order valence-electron chi connectivity index (χ2n) is 8.16. The van der Waals surface area contributed by atoms with Crippen molar-refractivity contribution in [1.82, 2.24) is 4.72 Å². The van der Waals surface area contributed by atoms with E-state index < -0.39 is 59.3 Å². The molecule has 0 amide bonds. The third-order valence-electron chi connectivity index (χ3n) is 5.61. The summed E-state index contributed by atoms with van der Waals surface area (Å²) in [5.74, 6) is -3.34. The van der Waals surface area contributed by atoms with E-state index in [0.717, 1.165) is 42.5 Å². The second kappa shape index (κ2) is 9.78. The van der Waals surface area contributed by atoms with Gasteiger partial charge in [-0.3, -0.25) is 0 Å². The number of phenols is 6. The van der Waals surface area contributed by atoms with Gasteiger partial charge in [-0.15, -0.1) is 0 Å². The number of rotatable bonds is 7. The third-order valence-corrected chi connectivity index (χ3v) is 8.82. The zero-order chi connectivity index (χ0) is 27.8. The first kappa shape index (κ1) is 26.6. The van der Waals surface area contributed by atoms with E-state index in [9.17, 15) is 47.5 Å². The first-order valence-corrected chi connectivity index (χ1v) is 13.7. The molecule has 0 aromatic heterocycles. The molecule has 0 unspecified atom stereocenters. The topological polar surface area (TPSA) is 202 Å². The van der Waals surface area contributed by atoms with E-state index in [1.807, 2.05) is 0 Å². The van der Waals surface area contributed by atoms with Crippen molar-refractivity contribution < 1.29 is 47.5 Å². The number of sulfonamides is 1. The van der Waals surface area contributed by atoms with E-state index in [1.54, 1.807) is 0 Å². The molecule has 0 saturated heterocycles. The van der Waals surface area contributed by atoms with E-state index >= 15 is 0 Å². The summed E-state index contributed by atoms with van der Waals surface area (Å²) >= 11 is 0. The lowest BCUT2D eigenvalue weighted by Gasteiger charge is -2.14. The van der Waals surface area contributed by atoms with Crippen LogP contribution in [0.2, 0.25) is 0 Å². The minimum absolute atomic E-state index is 0.0679. The summed E-state index contributed by atoms with van der Waals surface area (Å²) in [7, 11) is -8.36. The lowest BCUT2D eigenvalue weighted by Crippen LogP contribution is -2.24. The molecule has 198 valence electrons. The van der Waals surface area contributed by atoms with Crippen molar-refractivity contribution in [2.24, 2.45) is 0 Å². The highest BCUT2D eigenvalue weighted by Gasteiger charge is 2.23.